The molecule has 2 aromatic heterocycles. The van der Waals surface area contributed by atoms with Gasteiger partial charge in [0.2, 0.25) is 5.76 Å². The minimum Gasteiger partial charge on any atom is -0.478 e. The van der Waals surface area contributed by atoms with Crippen molar-refractivity contribution in [2.75, 3.05) is 66.4 Å². The van der Waals surface area contributed by atoms with Crippen molar-refractivity contribution in [3.63, 3.8) is 0 Å². The summed E-state index contributed by atoms with van der Waals surface area (Å²) in [5.41, 5.74) is 0.799. The zero-order valence-electron chi connectivity index (χ0n) is 25.4. The van der Waals surface area contributed by atoms with E-state index in [0.29, 0.717) is 57.4 Å². The van der Waals surface area contributed by atoms with Gasteiger partial charge in [-0.05, 0) is 48.6 Å². The molecule has 0 spiro atoms. The molecule has 0 radical (unpaired) electrons. The molecule has 47 heavy (non-hydrogen) atoms. The van der Waals surface area contributed by atoms with Crippen LogP contribution in [0.5, 0.6) is 0 Å². The first kappa shape index (κ1) is 31.9. The second-order valence-electron chi connectivity index (χ2n) is 11.5. The second kappa shape index (κ2) is 13.7. The Morgan fingerprint density at radius 2 is 1.60 bits per heavy atom. The molecule has 2 aliphatic rings. The summed E-state index contributed by atoms with van der Waals surface area (Å²) in [6.07, 6.45) is -2.04. The average Bonchev–Trinajstić information content (AvgIpc) is 3.56. The van der Waals surface area contributed by atoms with E-state index in [-0.39, 0.29) is 23.2 Å². The van der Waals surface area contributed by atoms with Crippen LogP contribution in [0.15, 0.2) is 77.3 Å². The van der Waals surface area contributed by atoms with Gasteiger partial charge in [0.1, 0.15) is 5.82 Å². The lowest BCUT2D eigenvalue weighted by Crippen LogP contribution is -2.48. The van der Waals surface area contributed by atoms with Crippen LogP contribution in [0.1, 0.15) is 50.9 Å². The van der Waals surface area contributed by atoms with E-state index in [1.807, 2.05) is 30.3 Å². The van der Waals surface area contributed by atoms with E-state index >= 15 is 0 Å². The van der Waals surface area contributed by atoms with Crippen LogP contribution < -0.4 is 20.4 Å². The largest absolute Gasteiger partial charge is 0.478 e. The van der Waals surface area contributed by atoms with Gasteiger partial charge in [0.05, 0.1) is 24.1 Å². The quantitative estimate of drug-likeness (QED) is 0.211. The van der Waals surface area contributed by atoms with Gasteiger partial charge >= 0.3 is 12.1 Å². The number of carboxylic acid groups (broad SMARTS) is 1. The average molecular weight is 650 g/mol. The SMILES string of the molecule is O=C(O)c1ccccc1NCN1CCN(c2ccc(NC(=O)c3oc(N4CCC(c5ccccc5)CC4)nc3C(F)(F)F)cn2)CC1. The smallest absolute Gasteiger partial charge is 0.437 e. The Hall–Kier alpha value is -5.11. The summed E-state index contributed by atoms with van der Waals surface area (Å²) in [6, 6.07) is 19.8. The molecule has 11 nitrogen and oxygen atoms in total. The number of carbonyl (C=O) groups is 2. The number of oxazole rings is 1. The molecule has 0 bridgehead atoms. The van der Waals surface area contributed by atoms with Crippen molar-refractivity contribution < 1.29 is 32.3 Å². The maximum atomic E-state index is 13.9. The van der Waals surface area contributed by atoms with E-state index < -0.39 is 29.5 Å². The van der Waals surface area contributed by atoms with Gasteiger partial charge in [0.15, 0.2) is 5.69 Å². The zero-order valence-corrected chi connectivity index (χ0v) is 25.4. The van der Waals surface area contributed by atoms with E-state index in [0.717, 1.165) is 12.8 Å². The van der Waals surface area contributed by atoms with Crippen LogP contribution in [-0.4, -0.2) is 77.8 Å². The first-order valence-corrected chi connectivity index (χ1v) is 15.3. The highest BCUT2D eigenvalue weighted by atomic mass is 19.4. The number of anilines is 4. The highest BCUT2D eigenvalue weighted by molar-refractivity contribution is 6.03. The molecule has 2 fully saturated rings. The number of carboxylic acids is 1. The third-order valence-electron chi connectivity index (χ3n) is 8.48. The minimum atomic E-state index is -4.88. The third-order valence-corrected chi connectivity index (χ3v) is 8.48. The number of piperazine rings is 1. The molecule has 3 N–H and O–H groups in total. The fourth-order valence-corrected chi connectivity index (χ4v) is 5.91. The van der Waals surface area contributed by atoms with Crippen LogP contribution in [0.25, 0.3) is 0 Å². The summed E-state index contributed by atoms with van der Waals surface area (Å²) in [4.78, 5) is 38.4. The number of halogens is 3. The van der Waals surface area contributed by atoms with Gasteiger partial charge in [-0.2, -0.15) is 18.2 Å². The number of nitrogens with one attached hydrogen (secondary N) is 2. The summed E-state index contributed by atoms with van der Waals surface area (Å²) in [6.45, 7) is 4.08. The van der Waals surface area contributed by atoms with Gasteiger partial charge in [-0.15, -0.1) is 0 Å². The van der Waals surface area contributed by atoms with Gasteiger partial charge < -0.3 is 30.0 Å². The number of rotatable bonds is 9. The first-order valence-electron chi connectivity index (χ1n) is 15.3. The van der Waals surface area contributed by atoms with Gasteiger partial charge in [-0.25, -0.2) is 9.78 Å². The monoisotopic (exact) mass is 649 g/mol. The minimum absolute atomic E-state index is 0.208. The van der Waals surface area contributed by atoms with Crippen LogP contribution in [-0.2, 0) is 6.18 Å². The number of benzene rings is 2. The summed E-state index contributed by atoms with van der Waals surface area (Å²) >= 11 is 0. The Morgan fingerprint density at radius 1 is 0.894 bits per heavy atom. The molecule has 2 saturated heterocycles. The number of pyridine rings is 1. The number of nitrogens with zero attached hydrogens (tertiary/aromatic N) is 5. The molecule has 246 valence electrons. The molecule has 6 rings (SSSR count). The van der Waals surface area contributed by atoms with E-state index in [1.165, 1.54) is 11.8 Å². The number of hydrogen-bond donors (Lipinski definition) is 3. The zero-order chi connectivity index (χ0) is 33.0. The molecule has 0 atom stereocenters. The number of carbonyl (C=O) groups excluding carboxylic acids is 1. The lowest BCUT2D eigenvalue weighted by molar-refractivity contribution is -0.141. The predicted molar refractivity (Wildman–Crippen MR) is 170 cm³/mol. The van der Waals surface area contributed by atoms with Crippen molar-refractivity contribution >= 4 is 35.1 Å². The maximum absolute atomic E-state index is 13.9. The van der Waals surface area contributed by atoms with Gasteiger partial charge in [-0.3, -0.25) is 9.69 Å². The summed E-state index contributed by atoms with van der Waals surface area (Å²) in [5, 5.41) is 15.0. The van der Waals surface area contributed by atoms with Crippen LogP contribution in [0.3, 0.4) is 0 Å². The Bertz CT molecular complexity index is 1680. The Kier molecular flexibility index (Phi) is 9.29. The van der Waals surface area contributed by atoms with Crippen molar-refractivity contribution in [1.29, 1.82) is 0 Å². The Balaban J connectivity index is 1.04. The standard InChI is InChI=1S/C33H34F3N7O4/c34-33(35,36)29-28(47-32(40-29)43-14-12-23(13-15-43)22-6-2-1-3-7-22)30(44)39-24-10-11-27(37-20-24)42-18-16-41(17-19-42)21-38-26-9-5-4-8-25(26)31(45)46/h1-11,20,23,38H,12-19,21H2,(H,39,44)(H,45,46). The number of aromatic carboxylic acids is 1. The third kappa shape index (κ3) is 7.49. The van der Waals surface area contributed by atoms with Crippen LogP contribution in [0, 0.1) is 0 Å². The topological polar surface area (TPSA) is 127 Å². The van der Waals surface area contributed by atoms with Crippen LogP contribution >= 0.6 is 0 Å². The molecule has 0 unspecified atom stereocenters. The first-order chi connectivity index (χ1) is 22.7. The molecule has 1 amide bonds. The molecular formula is C33H34F3N7O4. The molecule has 2 aromatic carbocycles. The number of para-hydroxylation sites is 1. The number of hydrogen-bond acceptors (Lipinski definition) is 9. The molecule has 4 aromatic rings. The van der Waals surface area contributed by atoms with E-state index in [2.05, 4.69) is 30.4 Å². The Morgan fingerprint density at radius 3 is 2.26 bits per heavy atom. The second-order valence-corrected chi connectivity index (χ2v) is 11.5. The van der Waals surface area contributed by atoms with Crippen molar-refractivity contribution in [3.8, 4) is 0 Å². The van der Waals surface area contributed by atoms with Crippen LogP contribution in [0.2, 0.25) is 0 Å². The maximum Gasteiger partial charge on any atom is 0.437 e. The molecule has 2 aliphatic heterocycles. The highest BCUT2D eigenvalue weighted by Crippen LogP contribution is 2.36. The molecule has 4 heterocycles. The van der Waals surface area contributed by atoms with Gasteiger partial charge in [-0.1, -0.05) is 42.5 Å². The summed E-state index contributed by atoms with van der Waals surface area (Å²) in [5.74, 6) is -2.00. The number of alkyl halides is 3. The van der Waals surface area contributed by atoms with E-state index in [1.54, 1.807) is 41.3 Å². The van der Waals surface area contributed by atoms with Crippen molar-refractivity contribution in [2.45, 2.75) is 24.9 Å². The van der Waals surface area contributed by atoms with Crippen LogP contribution in [0.4, 0.5) is 36.4 Å². The van der Waals surface area contributed by atoms with Gasteiger partial charge in [0, 0.05) is 45.0 Å². The predicted octanol–water partition coefficient (Wildman–Crippen LogP) is 5.61. The summed E-state index contributed by atoms with van der Waals surface area (Å²) in [7, 11) is 0. The molecule has 0 aliphatic carbocycles. The number of aromatic nitrogens is 2. The van der Waals surface area contributed by atoms with E-state index in [4.69, 9.17) is 4.42 Å². The van der Waals surface area contributed by atoms with Crippen molar-refractivity contribution in [2.24, 2.45) is 0 Å². The lowest BCUT2D eigenvalue weighted by Gasteiger charge is -2.35. The number of amides is 1. The van der Waals surface area contributed by atoms with Gasteiger partial charge in [0.25, 0.3) is 11.9 Å². The van der Waals surface area contributed by atoms with Crippen molar-refractivity contribution in [3.05, 3.63) is 95.5 Å². The fraction of sp³-hybridized carbons (Fsp3) is 0.333. The molecule has 14 heteroatoms. The normalized spacial score (nSPS) is 16.2. The van der Waals surface area contributed by atoms with Crippen molar-refractivity contribution in [1.82, 2.24) is 14.9 Å². The number of piperidine rings is 1. The van der Waals surface area contributed by atoms with E-state index in [9.17, 15) is 27.9 Å². The fourth-order valence-electron chi connectivity index (χ4n) is 5.91. The molecular weight excluding hydrogens is 615 g/mol. The summed E-state index contributed by atoms with van der Waals surface area (Å²) < 4.78 is 47.2. The Labute approximate surface area is 269 Å². The lowest BCUT2D eigenvalue weighted by atomic mass is 9.90. The molecule has 0 saturated carbocycles. The highest BCUT2D eigenvalue weighted by Gasteiger charge is 2.42.